The Labute approximate surface area is 183 Å². The molecule has 5 amide bonds. The van der Waals surface area contributed by atoms with Crippen molar-refractivity contribution in [1.82, 2.24) is 15.5 Å². The van der Waals surface area contributed by atoms with Gasteiger partial charge in [-0.1, -0.05) is 23.7 Å². The Bertz CT molecular complexity index is 1070. The minimum absolute atomic E-state index is 0.204. The Kier molecular flexibility index (Phi) is 5.65. The highest BCUT2D eigenvalue weighted by Gasteiger charge is 2.39. The molecular weight excluding hydrogens is 420 g/mol. The van der Waals surface area contributed by atoms with E-state index in [-0.39, 0.29) is 36.9 Å². The van der Waals surface area contributed by atoms with Crippen molar-refractivity contribution in [3.8, 4) is 0 Å². The summed E-state index contributed by atoms with van der Waals surface area (Å²) in [4.78, 5) is 50.1. The maximum absolute atomic E-state index is 12.7. The Morgan fingerprint density at radius 2 is 1.90 bits per heavy atom. The zero-order chi connectivity index (χ0) is 22.1. The van der Waals surface area contributed by atoms with Gasteiger partial charge in [0, 0.05) is 29.2 Å². The second-order valence-corrected chi connectivity index (χ2v) is 8.08. The van der Waals surface area contributed by atoms with Crippen LogP contribution in [0.2, 0.25) is 5.02 Å². The zero-order valence-electron chi connectivity index (χ0n) is 16.8. The van der Waals surface area contributed by atoms with E-state index < -0.39 is 11.9 Å². The SMILES string of the molecule is C[C@@H](NC(=O)Nc1ccc2c(c1)CN(C1CCC(=O)NC1=O)C2=O)c1ccc(Cl)cc1. The molecule has 2 aliphatic rings. The number of fused-ring (bicyclic) bond motifs is 1. The first-order chi connectivity index (χ1) is 14.8. The molecule has 2 atom stereocenters. The molecule has 0 bridgehead atoms. The van der Waals surface area contributed by atoms with Gasteiger partial charge in [-0.25, -0.2) is 4.79 Å². The highest BCUT2D eigenvalue weighted by molar-refractivity contribution is 6.30. The number of nitrogens with zero attached hydrogens (tertiary/aromatic N) is 1. The summed E-state index contributed by atoms with van der Waals surface area (Å²) >= 11 is 5.90. The number of hydrogen-bond acceptors (Lipinski definition) is 4. The third-order valence-electron chi connectivity index (χ3n) is 5.50. The third kappa shape index (κ3) is 4.39. The fraction of sp³-hybridized carbons (Fsp3) is 0.273. The molecule has 8 nitrogen and oxygen atoms in total. The Balaban J connectivity index is 1.41. The normalized spacial score (nSPS) is 19.0. The summed E-state index contributed by atoms with van der Waals surface area (Å²) < 4.78 is 0. The molecule has 2 aromatic rings. The fourth-order valence-corrected chi connectivity index (χ4v) is 3.98. The van der Waals surface area contributed by atoms with Gasteiger partial charge in [-0.2, -0.15) is 0 Å². The van der Waals surface area contributed by atoms with Crippen molar-refractivity contribution in [3.63, 3.8) is 0 Å². The number of carbonyl (C=O) groups excluding carboxylic acids is 4. The molecule has 0 spiro atoms. The van der Waals surface area contributed by atoms with E-state index in [4.69, 9.17) is 11.6 Å². The molecule has 0 aromatic heterocycles. The van der Waals surface area contributed by atoms with Crippen molar-refractivity contribution in [2.75, 3.05) is 5.32 Å². The molecule has 9 heteroatoms. The molecular formula is C22H21ClN4O4. The average molecular weight is 441 g/mol. The summed E-state index contributed by atoms with van der Waals surface area (Å²) in [6.45, 7) is 2.11. The van der Waals surface area contributed by atoms with Crippen molar-refractivity contribution in [2.24, 2.45) is 0 Å². The lowest BCUT2D eigenvalue weighted by molar-refractivity contribution is -0.136. The lowest BCUT2D eigenvalue weighted by atomic mass is 10.0. The van der Waals surface area contributed by atoms with Crippen LogP contribution in [0.25, 0.3) is 0 Å². The fourth-order valence-electron chi connectivity index (χ4n) is 3.85. The predicted octanol–water partition coefficient (Wildman–Crippen LogP) is 2.98. The number of rotatable bonds is 4. The van der Waals surface area contributed by atoms with Crippen LogP contribution in [0.15, 0.2) is 42.5 Å². The van der Waals surface area contributed by atoms with Crippen LogP contribution >= 0.6 is 11.6 Å². The molecule has 0 aliphatic carbocycles. The maximum atomic E-state index is 12.7. The summed E-state index contributed by atoms with van der Waals surface area (Å²) in [6, 6.07) is 11.0. The maximum Gasteiger partial charge on any atom is 0.319 e. The van der Waals surface area contributed by atoms with Gasteiger partial charge in [0.15, 0.2) is 0 Å². The molecule has 4 rings (SSSR count). The molecule has 1 saturated heterocycles. The molecule has 31 heavy (non-hydrogen) atoms. The van der Waals surface area contributed by atoms with E-state index in [0.29, 0.717) is 22.7 Å². The standard InChI is InChI=1S/C22H21ClN4O4/c1-12(13-2-4-15(23)5-3-13)24-22(31)25-16-6-7-17-14(10-16)11-27(21(17)30)18-8-9-19(28)26-20(18)29/h2-7,10,12,18H,8-9,11H2,1H3,(H2,24,25,31)(H,26,28,29)/t12-,18?/m1/s1. The third-order valence-corrected chi connectivity index (χ3v) is 5.75. The summed E-state index contributed by atoms with van der Waals surface area (Å²) in [5.41, 5.74) is 2.67. The Hall–Kier alpha value is -3.39. The molecule has 160 valence electrons. The smallest absolute Gasteiger partial charge is 0.319 e. The van der Waals surface area contributed by atoms with Crippen LogP contribution in [0.4, 0.5) is 10.5 Å². The summed E-state index contributed by atoms with van der Waals surface area (Å²) in [7, 11) is 0. The van der Waals surface area contributed by atoms with Crippen LogP contribution in [0.1, 0.15) is 47.3 Å². The first-order valence-electron chi connectivity index (χ1n) is 9.92. The van der Waals surface area contributed by atoms with Gasteiger partial charge in [0.2, 0.25) is 11.8 Å². The molecule has 1 fully saturated rings. The van der Waals surface area contributed by atoms with Gasteiger partial charge in [0.1, 0.15) is 6.04 Å². The monoisotopic (exact) mass is 440 g/mol. The summed E-state index contributed by atoms with van der Waals surface area (Å²) in [5.74, 6) is -1.03. The van der Waals surface area contributed by atoms with Crippen LogP contribution in [0.5, 0.6) is 0 Å². The second-order valence-electron chi connectivity index (χ2n) is 7.64. The second kappa shape index (κ2) is 8.39. The lowest BCUT2D eigenvalue weighted by Crippen LogP contribution is -2.52. The molecule has 0 radical (unpaired) electrons. The Morgan fingerprint density at radius 3 is 2.61 bits per heavy atom. The van der Waals surface area contributed by atoms with Gasteiger partial charge in [-0.3, -0.25) is 19.7 Å². The quantitative estimate of drug-likeness (QED) is 0.635. The minimum Gasteiger partial charge on any atom is -0.331 e. The number of nitrogens with one attached hydrogen (secondary N) is 3. The predicted molar refractivity (Wildman–Crippen MR) is 115 cm³/mol. The van der Waals surface area contributed by atoms with Crippen LogP contribution in [0, 0.1) is 0 Å². The summed E-state index contributed by atoms with van der Waals surface area (Å²) in [6.07, 6.45) is 0.510. The number of hydrogen-bond donors (Lipinski definition) is 3. The van der Waals surface area contributed by atoms with Crippen molar-refractivity contribution < 1.29 is 19.2 Å². The topological polar surface area (TPSA) is 108 Å². The van der Waals surface area contributed by atoms with Crippen LogP contribution < -0.4 is 16.0 Å². The van der Waals surface area contributed by atoms with Gasteiger partial charge < -0.3 is 15.5 Å². The van der Waals surface area contributed by atoms with E-state index in [0.717, 1.165) is 11.1 Å². The van der Waals surface area contributed by atoms with E-state index in [1.165, 1.54) is 4.90 Å². The molecule has 2 aromatic carbocycles. The lowest BCUT2D eigenvalue weighted by Gasteiger charge is -2.29. The van der Waals surface area contributed by atoms with E-state index in [1.54, 1.807) is 30.3 Å². The number of imide groups is 1. The zero-order valence-corrected chi connectivity index (χ0v) is 17.5. The van der Waals surface area contributed by atoms with Crippen LogP contribution in [-0.2, 0) is 16.1 Å². The summed E-state index contributed by atoms with van der Waals surface area (Å²) in [5, 5.41) is 8.54. The molecule has 2 aliphatic heterocycles. The highest BCUT2D eigenvalue weighted by atomic mass is 35.5. The highest BCUT2D eigenvalue weighted by Crippen LogP contribution is 2.29. The largest absolute Gasteiger partial charge is 0.331 e. The molecule has 0 saturated carbocycles. The van der Waals surface area contributed by atoms with Crippen molar-refractivity contribution in [3.05, 3.63) is 64.2 Å². The van der Waals surface area contributed by atoms with Gasteiger partial charge in [-0.05, 0) is 54.8 Å². The van der Waals surface area contributed by atoms with Gasteiger partial charge in [-0.15, -0.1) is 0 Å². The molecule has 1 unspecified atom stereocenters. The van der Waals surface area contributed by atoms with Gasteiger partial charge in [0.05, 0.1) is 6.04 Å². The number of benzene rings is 2. The van der Waals surface area contributed by atoms with Crippen LogP contribution in [0.3, 0.4) is 0 Å². The molecule has 3 N–H and O–H groups in total. The van der Waals surface area contributed by atoms with Gasteiger partial charge >= 0.3 is 6.03 Å². The number of halogens is 1. The number of urea groups is 1. The molecule has 2 heterocycles. The van der Waals surface area contributed by atoms with E-state index in [2.05, 4.69) is 16.0 Å². The minimum atomic E-state index is -0.669. The number of amides is 5. The van der Waals surface area contributed by atoms with E-state index in [9.17, 15) is 19.2 Å². The van der Waals surface area contributed by atoms with Gasteiger partial charge in [0.25, 0.3) is 5.91 Å². The Morgan fingerprint density at radius 1 is 1.16 bits per heavy atom. The number of piperidine rings is 1. The number of carbonyl (C=O) groups is 4. The van der Waals surface area contributed by atoms with Crippen LogP contribution in [-0.4, -0.2) is 34.7 Å². The van der Waals surface area contributed by atoms with Crippen molar-refractivity contribution in [1.29, 1.82) is 0 Å². The first-order valence-corrected chi connectivity index (χ1v) is 10.3. The van der Waals surface area contributed by atoms with E-state index >= 15 is 0 Å². The van der Waals surface area contributed by atoms with Crippen molar-refractivity contribution in [2.45, 2.75) is 38.4 Å². The number of anilines is 1. The first kappa shape index (κ1) is 20.9. The van der Waals surface area contributed by atoms with Crippen molar-refractivity contribution >= 4 is 41.0 Å². The average Bonchev–Trinajstić information content (AvgIpc) is 3.04. The van der Waals surface area contributed by atoms with E-state index in [1.807, 2.05) is 19.1 Å².